The average Bonchev–Trinajstić information content (AvgIpc) is 2.53. The van der Waals surface area contributed by atoms with Gasteiger partial charge in [-0.1, -0.05) is 0 Å². The SMILES string of the molecule is O[C@@H]1CCN(C2=NN=C(Br)CC2)C1. The van der Waals surface area contributed by atoms with E-state index >= 15 is 0 Å². The Kier molecular flexibility index (Phi) is 2.64. The number of aliphatic hydroxyl groups is 1. The Bertz CT molecular complexity index is 264. The van der Waals surface area contributed by atoms with E-state index in [0.29, 0.717) is 6.54 Å². The molecule has 2 aliphatic rings. The van der Waals surface area contributed by atoms with Gasteiger partial charge in [-0.25, -0.2) is 0 Å². The van der Waals surface area contributed by atoms with Gasteiger partial charge in [0, 0.05) is 25.9 Å². The minimum Gasteiger partial charge on any atom is -0.391 e. The Morgan fingerprint density at radius 2 is 2.23 bits per heavy atom. The van der Waals surface area contributed by atoms with Crippen LogP contribution in [-0.4, -0.2) is 39.7 Å². The zero-order chi connectivity index (χ0) is 9.26. The number of likely N-dealkylation sites (tertiary alicyclic amines) is 1. The Morgan fingerprint density at radius 1 is 1.38 bits per heavy atom. The molecular weight excluding hydrogens is 234 g/mol. The van der Waals surface area contributed by atoms with Crippen molar-refractivity contribution in [2.24, 2.45) is 10.2 Å². The maximum atomic E-state index is 9.34. The summed E-state index contributed by atoms with van der Waals surface area (Å²) in [6, 6.07) is 0. The van der Waals surface area contributed by atoms with Crippen LogP contribution in [0.5, 0.6) is 0 Å². The van der Waals surface area contributed by atoms with Crippen LogP contribution in [0.15, 0.2) is 10.2 Å². The first-order valence-corrected chi connectivity index (χ1v) is 5.27. The number of amidine groups is 1. The molecule has 0 saturated carbocycles. The number of aliphatic hydroxyl groups excluding tert-OH is 1. The van der Waals surface area contributed by atoms with Crippen LogP contribution in [0.25, 0.3) is 0 Å². The van der Waals surface area contributed by atoms with Crippen LogP contribution in [0.1, 0.15) is 19.3 Å². The second-order valence-corrected chi connectivity index (χ2v) is 4.30. The largest absolute Gasteiger partial charge is 0.391 e. The first-order valence-electron chi connectivity index (χ1n) is 4.47. The van der Waals surface area contributed by atoms with Crippen LogP contribution in [0.4, 0.5) is 0 Å². The summed E-state index contributed by atoms with van der Waals surface area (Å²) in [7, 11) is 0. The van der Waals surface area contributed by atoms with Gasteiger partial charge in [0.15, 0.2) is 0 Å². The lowest BCUT2D eigenvalue weighted by molar-refractivity contribution is 0.188. The minimum atomic E-state index is -0.183. The fourth-order valence-electron chi connectivity index (χ4n) is 1.62. The predicted octanol–water partition coefficient (Wildman–Crippen LogP) is 0.954. The fourth-order valence-corrected chi connectivity index (χ4v) is 1.90. The van der Waals surface area contributed by atoms with Crippen molar-refractivity contribution in [1.82, 2.24) is 4.90 Å². The zero-order valence-corrected chi connectivity index (χ0v) is 8.87. The minimum absolute atomic E-state index is 0.183. The molecule has 1 saturated heterocycles. The summed E-state index contributed by atoms with van der Waals surface area (Å²) in [5.74, 6) is 1.01. The first-order chi connectivity index (χ1) is 6.25. The molecule has 5 heteroatoms. The van der Waals surface area contributed by atoms with Crippen molar-refractivity contribution in [3.63, 3.8) is 0 Å². The summed E-state index contributed by atoms with van der Waals surface area (Å²) in [5.41, 5.74) is 0. The molecule has 0 aromatic rings. The Morgan fingerprint density at radius 3 is 2.77 bits per heavy atom. The molecule has 0 aliphatic carbocycles. The summed E-state index contributed by atoms with van der Waals surface area (Å²) in [6.45, 7) is 1.62. The third kappa shape index (κ3) is 2.08. The van der Waals surface area contributed by atoms with Crippen LogP contribution in [-0.2, 0) is 0 Å². The van der Waals surface area contributed by atoms with Crippen molar-refractivity contribution in [3.05, 3.63) is 0 Å². The molecule has 0 aromatic heterocycles. The van der Waals surface area contributed by atoms with Crippen molar-refractivity contribution >= 4 is 26.4 Å². The van der Waals surface area contributed by atoms with E-state index in [-0.39, 0.29) is 6.10 Å². The summed E-state index contributed by atoms with van der Waals surface area (Å²) in [5, 5.41) is 17.4. The molecule has 0 unspecified atom stereocenters. The Hall–Kier alpha value is -0.420. The third-order valence-electron chi connectivity index (χ3n) is 2.36. The fraction of sp³-hybridized carbons (Fsp3) is 0.750. The number of halogens is 1. The van der Waals surface area contributed by atoms with E-state index in [4.69, 9.17) is 0 Å². The van der Waals surface area contributed by atoms with Crippen molar-refractivity contribution in [2.75, 3.05) is 13.1 Å². The highest BCUT2D eigenvalue weighted by atomic mass is 79.9. The van der Waals surface area contributed by atoms with Crippen LogP contribution < -0.4 is 0 Å². The van der Waals surface area contributed by atoms with Gasteiger partial charge in [0.25, 0.3) is 0 Å². The number of hydrogen-bond donors (Lipinski definition) is 1. The van der Waals surface area contributed by atoms with Gasteiger partial charge >= 0.3 is 0 Å². The van der Waals surface area contributed by atoms with Crippen molar-refractivity contribution in [3.8, 4) is 0 Å². The van der Waals surface area contributed by atoms with E-state index in [1.807, 2.05) is 0 Å². The molecular formula is C8H12BrN3O. The van der Waals surface area contributed by atoms with Crippen LogP contribution in [0.3, 0.4) is 0 Å². The van der Waals surface area contributed by atoms with E-state index < -0.39 is 0 Å². The molecule has 0 aromatic carbocycles. The molecule has 1 N–H and O–H groups in total. The topological polar surface area (TPSA) is 48.2 Å². The van der Waals surface area contributed by atoms with Gasteiger partial charge in [-0.15, -0.1) is 10.2 Å². The highest BCUT2D eigenvalue weighted by Gasteiger charge is 2.24. The van der Waals surface area contributed by atoms with Gasteiger partial charge in [-0.3, -0.25) is 0 Å². The molecule has 4 nitrogen and oxygen atoms in total. The van der Waals surface area contributed by atoms with Crippen LogP contribution in [0, 0.1) is 0 Å². The van der Waals surface area contributed by atoms with Crippen LogP contribution >= 0.6 is 15.9 Å². The number of hydrogen-bond acceptors (Lipinski definition) is 4. The van der Waals surface area contributed by atoms with E-state index in [1.165, 1.54) is 0 Å². The van der Waals surface area contributed by atoms with Gasteiger partial charge in [-0.2, -0.15) is 0 Å². The normalized spacial score (nSPS) is 28.8. The smallest absolute Gasteiger partial charge is 0.128 e. The van der Waals surface area contributed by atoms with Gasteiger partial charge < -0.3 is 10.0 Å². The molecule has 2 rings (SSSR count). The molecule has 0 amide bonds. The molecule has 13 heavy (non-hydrogen) atoms. The molecule has 0 bridgehead atoms. The highest BCUT2D eigenvalue weighted by molar-refractivity contribution is 9.18. The van der Waals surface area contributed by atoms with Crippen molar-refractivity contribution in [1.29, 1.82) is 0 Å². The van der Waals surface area contributed by atoms with Gasteiger partial charge in [-0.05, 0) is 22.4 Å². The monoisotopic (exact) mass is 245 g/mol. The molecule has 72 valence electrons. The molecule has 2 aliphatic heterocycles. The Labute approximate surface area is 85.5 Å². The average molecular weight is 246 g/mol. The molecule has 0 spiro atoms. The lowest BCUT2D eigenvalue weighted by Gasteiger charge is -2.20. The molecule has 1 fully saturated rings. The molecule has 1 atom stereocenters. The van der Waals surface area contributed by atoms with E-state index in [2.05, 4.69) is 31.0 Å². The maximum Gasteiger partial charge on any atom is 0.128 e. The molecule has 0 radical (unpaired) electrons. The van der Waals surface area contributed by atoms with Gasteiger partial charge in [0.1, 0.15) is 10.5 Å². The highest BCUT2D eigenvalue weighted by Crippen LogP contribution is 2.16. The number of β-amino-alcohol motifs (C(OH)–C–C–N with tert-alkyl or cyclic N) is 1. The van der Waals surface area contributed by atoms with Crippen LogP contribution in [0.2, 0.25) is 0 Å². The quantitative estimate of drug-likeness (QED) is 0.691. The predicted molar refractivity (Wildman–Crippen MR) is 55.2 cm³/mol. The summed E-state index contributed by atoms with van der Waals surface area (Å²) in [4.78, 5) is 2.12. The van der Waals surface area contributed by atoms with Gasteiger partial charge in [0.05, 0.1) is 6.10 Å². The zero-order valence-electron chi connectivity index (χ0n) is 7.28. The van der Waals surface area contributed by atoms with E-state index in [1.54, 1.807) is 0 Å². The summed E-state index contributed by atoms with van der Waals surface area (Å²) in [6.07, 6.45) is 2.52. The first kappa shape index (κ1) is 9.15. The van der Waals surface area contributed by atoms with E-state index in [9.17, 15) is 5.11 Å². The second-order valence-electron chi connectivity index (χ2n) is 3.38. The second kappa shape index (κ2) is 3.75. The molecule has 2 heterocycles. The summed E-state index contributed by atoms with van der Waals surface area (Å²) >= 11 is 3.31. The third-order valence-corrected chi connectivity index (χ3v) is 2.91. The maximum absolute atomic E-state index is 9.34. The van der Waals surface area contributed by atoms with Crippen molar-refractivity contribution < 1.29 is 5.11 Å². The summed E-state index contributed by atoms with van der Waals surface area (Å²) < 4.78 is 0.913. The number of rotatable bonds is 0. The lowest BCUT2D eigenvalue weighted by Crippen LogP contribution is -2.30. The Balaban J connectivity index is 2.02. The number of nitrogens with zero attached hydrogens (tertiary/aromatic N) is 3. The van der Waals surface area contributed by atoms with Gasteiger partial charge in [0.2, 0.25) is 0 Å². The van der Waals surface area contributed by atoms with E-state index in [0.717, 1.165) is 36.3 Å². The lowest BCUT2D eigenvalue weighted by atomic mass is 10.3. The van der Waals surface area contributed by atoms with Crippen molar-refractivity contribution in [2.45, 2.75) is 25.4 Å². The standard InChI is InChI=1S/C8H12BrN3O/c9-7-1-2-8(11-10-7)12-4-3-6(13)5-12/h6,13H,1-5H2/t6-/m1/s1.